The van der Waals surface area contributed by atoms with Crippen molar-refractivity contribution >= 4 is 22.5 Å². The number of nitrogens with two attached hydrogens (primary N) is 1. The number of aromatic nitrogens is 2. The molecule has 2 aromatic heterocycles. The van der Waals surface area contributed by atoms with E-state index < -0.39 is 22.6 Å². The van der Waals surface area contributed by atoms with E-state index in [1.165, 1.54) is 4.57 Å². The minimum absolute atomic E-state index is 0.0377. The number of hydrogen-bond donors (Lipinski definition) is 2. The molecule has 5 nitrogen and oxygen atoms in total. The summed E-state index contributed by atoms with van der Waals surface area (Å²) in [6.07, 6.45) is -4.73. The third-order valence-electron chi connectivity index (χ3n) is 4.60. The van der Waals surface area contributed by atoms with Crippen LogP contribution in [-0.4, -0.2) is 9.55 Å². The summed E-state index contributed by atoms with van der Waals surface area (Å²) in [5, 5.41) is 2.61. The van der Waals surface area contributed by atoms with Crippen LogP contribution in [0.25, 0.3) is 16.7 Å². The second kappa shape index (κ2) is 7.64. The Morgan fingerprint density at radius 3 is 2.20 bits per heavy atom. The van der Waals surface area contributed by atoms with Crippen LogP contribution in [0.5, 0.6) is 0 Å². The molecule has 0 amide bonds. The quantitative estimate of drug-likeness (QED) is 0.516. The topological polar surface area (TPSA) is 72.9 Å². The number of rotatable bonds is 4. The van der Waals surface area contributed by atoms with Gasteiger partial charge in [0.2, 0.25) is 0 Å². The van der Waals surface area contributed by atoms with Crippen molar-refractivity contribution in [2.24, 2.45) is 5.73 Å². The zero-order valence-electron chi connectivity index (χ0n) is 15.6. The SMILES string of the molecule is NCc1cc(C(F)(F)F)c2c(=O)cc(Nc3ccccc3)n(-c3ccccc3)c2n1. The van der Waals surface area contributed by atoms with Crippen molar-refractivity contribution in [3.05, 3.63) is 94.3 Å². The highest BCUT2D eigenvalue weighted by Gasteiger charge is 2.35. The Hall–Kier alpha value is -3.65. The van der Waals surface area contributed by atoms with Crippen molar-refractivity contribution in [2.45, 2.75) is 12.7 Å². The molecule has 0 fully saturated rings. The molecule has 0 unspecified atom stereocenters. The van der Waals surface area contributed by atoms with Crippen LogP contribution in [0.1, 0.15) is 11.3 Å². The highest BCUT2D eigenvalue weighted by atomic mass is 19.4. The lowest BCUT2D eigenvalue weighted by atomic mass is 10.1. The van der Waals surface area contributed by atoms with Crippen LogP contribution in [0.15, 0.2) is 77.6 Å². The zero-order chi connectivity index (χ0) is 21.3. The fourth-order valence-electron chi connectivity index (χ4n) is 3.29. The molecule has 152 valence electrons. The molecule has 8 heteroatoms. The summed E-state index contributed by atoms with van der Waals surface area (Å²) in [7, 11) is 0. The first-order valence-corrected chi connectivity index (χ1v) is 9.13. The zero-order valence-corrected chi connectivity index (χ0v) is 15.6. The summed E-state index contributed by atoms with van der Waals surface area (Å²) in [4.78, 5) is 17.1. The van der Waals surface area contributed by atoms with Gasteiger partial charge in [0.05, 0.1) is 16.6 Å². The molecule has 2 heterocycles. The normalized spacial score (nSPS) is 11.6. The van der Waals surface area contributed by atoms with E-state index in [2.05, 4.69) is 10.3 Å². The Labute approximate surface area is 169 Å². The second-order valence-corrected chi connectivity index (χ2v) is 6.62. The first kappa shape index (κ1) is 19.7. The molecule has 30 heavy (non-hydrogen) atoms. The molecular formula is C22H17F3N4O. The Morgan fingerprint density at radius 1 is 0.967 bits per heavy atom. The molecule has 0 atom stereocenters. The van der Waals surface area contributed by atoms with Gasteiger partial charge in [0.1, 0.15) is 5.82 Å². The van der Waals surface area contributed by atoms with Crippen molar-refractivity contribution in [2.75, 3.05) is 5.32 Å². The number of benzene rings is 2. The highest BCUT2D eigenvalue weighted by molar-refractivity contribution is 5.84. The van der Waals surface area contributed by atoms with Gasteiger partial charge in [-0.2, -0.15) is 13.2 Å². The van der Waals surface area contributed by atoms with Crippen molar-refractivity contribution < 1.29 is 13.2 Å². The monoisotopic (exact) mass is 410 g/mol. The number of alkyl halides is 3. The van der Waals surface area contributed by atoms with Gasteiger partial charge in [-0.3, -0.25) is 9.36 Å². The van der Waals surface area contributed by atoms with Gasteiger partial charge in [-0.1, -0.05) is 36.4 Å². The second-order valence-electron chi connectivity index (χ2n) is 6.62. The Bertz CT molecular complexity index is 1250. The van der Waals surface area contributed by atoms with E-state index in [4.69, 9.17) is 5.73 Å². The number of nitrogens with one attached hydrogen (secondary N) is 1. The minimum atomic E-state index is -4.73. The first-order valence-electron chi connectivity index (χ1n) is 9.13. The van der Waals surface area contributed by atoms with Crippen LogP contribution < -0.4 is 16.5 Å². The number of halogens is 3. The molecule has 3 N–H and O–H groups in total. The van der Waals surface area contributed by atoms with Crippen molar-refractivity contribution in [3.63, 3.8) is 0 Å². The van der Waals surface area contributed by atoms with E-state index in [0.717, 1.165) is 12.1 Å². The van der Waals surface area contributed by atoms with Gasteiger partial charge >= 0.3 is 6.18 Å². The average Bonchev–Trinajstić information content (AvgIpc) is 2.73. The van der Waals surface area contributed by atoms with Crippen LogP contribution in [0.2, 0.25) is 0 Å². The maximum Gasteiger partial charge on any atom is 0.417 e. The van der Waals surface area contributed by atoms with Gasteiger partial charge in [0, 0.05) is 24.0 Å². The van der Waals surface area contributed by atoms with Crippen LogP contribution in [0, 0.1) is 0 Å². The van der Waals surface area contributed by atoms with Crippen molar-refractivity contribution in [1.82, 2.24) is 9.55 Å². The van der Waals surface area contributed by atoms with E-state index in [1.54, 1.807) is 54.6 Å². The average molecular weight is 410 g/mol. The standard InChI is InChI=1S/C22H17F3N4O/c23-22(24,25)17-11-15(13-26)28-21-20(17)18(30)12-19(27-14-7-3-1-4-8-14)29(21)16-9-5-2-6-10-16/h1-12,27H,13,26H2. The number of para-hydroxylation sites is 2. The summed E-state index contributed by atoms with van der Waals surface area (Å²) in [6.45, 7) is -0.196. The summed E-state index contributed by atoms with van der Waals surface area (Å²) in [5.74, 6) is 0.291. The minimum Gasteiger partial charge on any atom is -0.341 e. The van der Waals surface area contributed by atoms with Gasteiger partial charge in [-0.25, -0.2) is 4.98 Å². The Kier molecular flexibility index (Phi) is 5.01. The summed E-state index contributed by atoms with van der Waals surface area (Å²) < 4.78 is 42.8. The van der Waals surface area contributed by atoms with Crippen LogP contribution in [-0.2, 0) is 12.7 Å². The van der Waals surface area contributed by atoms with Crippen molar-refractivity contribution in [1.29, 1.82) is 0 Å². The lowest BCUT2D eigenvalue weighted by molar-refractivity contribution is -0.136. The summed E-state index contributed by atoms with van der Waals surface area (Å²) in [6, 6.07) is 19.8. The van der Waals surface area contributed by atoms with E-state index in [1.807, 2.05) is 6.07 Å². The maximum absolute atomic E-state index is 13.8. The molecule has 0 saturated heterocycles. The molecule has 0 saturated carbocycles. The first-order chi connectivity index (χ1) is 14.4. The van der Waals surface area contributed by atoms with Crippen molar-refractivity contribution in [3.8, 4) is 5.69 Å². The van der Waals surface area contributed by atoms with Gasteiger partial charge in [0.25, 0.3) is 0 Å². The molecule has 0 spiro atoms. The fraction of sp³-hybridized carbons (Fsp3) is 0.0909. The number of fused-ring (bicyclic) bond motifs is 1. The molecule has 0 radical (unpaired) electrons. The van der Waals surface area contributed by atoms with E-state index in [9.17, 15) is 18.0 Å². The molecule has 4 aromatic rings. The molecule has 0 aliphatic heterocycles. The van der Waals surface area contributed by atoms with Gasteiger partial charge < -0.3 is 11.1 Å². The number of nitrogens with zero attached hydrogens (tertiary/aromatic N) is 2. The van der Waals surface area contributed by atoms with Gasteiger partial charge in [0.15, 0.2) is 11.1 Å². The number of pyridine rings is 2. The number of anilines is 2. The van der Waals surface area contributed by atoms with Gasteiger partial charge in [-0.15, -0.1) is 0 Å². The van der Waals surface area contributed by atoms with E-state index in [0.29, 0.717) is 17.2 Å². The third-order valence-corrected chi connectivity index (χ3v) is 4.60. The van der Waals surface area contributed by atoms with E-state index >= 15 is 0 Å². The predicted molar refractivity (Wildman–Crippen MR) is 110 cm³/mol. The molecule has 0 bridgehead atoms. The lowest BCUT2D eigenvalue weighted by Gasteiger charge is -2.20. The Morgan fingerprint density at radius 2 is 1.60 bits per heavy atom. The molecule has 0 aliphatic rings. The van der Waals surface area contributed by atoms with Crippen LogP contribution in [0.4, 0.5) is 24.7 Å². The maximum atomic E-state index is 13.8. The van der Waals surface area contributed by atoms with Crippen LogP contribution >= 0.6 is 0 Å². The fourth-order valence-corrected chi connectivity index (χ4v) is 3.29. The largest absolute Gasteiger partial charge is 0.417 e. The summed E-state index contributed by atoms with van der Waals surface area (Å²) in [5.41, 5.74) is 4.94. The predicted octanol–water partition coefficient (Wildman–Crippen LogP) is 4.61. The van der Waals surface area contributed by atoms with E-state index in [-0.39, 0.29) is 17.9 Å². The molecule has 2 aromatic carbocycles. The third kappa shape index (κ3) is 3.65. The molecule has 4 rings (SSSR count). The molecular weight excluding hydrogens is 393 g/mol. The number of hydrogen-bond acceptors (Lipinski definition) is 4. The Balaban J connectivity index is 2.11. The summed E-state index contributed by atoms with van der Waals surface area (Å²) >= 11 is 0. The lowest BCUT2D eigenvalue weighted by Crippen LogP contribution is -2.19. The van der Waals surface area contributed by atoms with Crippen LogP contribution in [0.3, 0.4) is 0 Å². The smallest absolute Gasteiger partial charge is 0.341 e. The molecule has 0 aliphatic carbocycles. The highest BCUT2D eigenvalue weighted by Crippen LogP contribution is 2.35. The van der Waals surface area contributed by atoms with Gasteiger partial charge in [-0.05, 0) is 30.3 Å².